The molecule has 0 bridgehead atoms. The third-order valence-corrected chi connectivity index (χ3v) is 8.62. The number of rotatable bonds is 11. The molecule has 0 radical (unpaired) electrons. The highest BCUT2D eigenvalue weighted by molar-refractivity contribution is 5.93. The van der Waals surface area contributed by atoms with E-state index in [4.69, 9.17) is 30.0 Å². The van der Waals surface area contributed by atoms with E-state index < -0.39 is 5.91 Å². The number of hydrogen-bond acceptors (Lipinski definition) is 8. The summed E-state index contributed by atoms with van der Waals surface area (Å²) >= 11 is 0. The molecule has 0 aliphatic heterocycles. The molecule has 1 amide bonds. The van der Waals surface area contributed by atoms with Crippen molar-refractivity contribution in [2.24, 2.45) is 5.73 Å². The fourth-order valence-electron chi connectivity index (χ4n) is 5.58. The number of amides is 1. The Kier molecular flexibility index (Phi) is 8.66. The average Bonchev–Trinajstić information content (AvgIpc) is 4.06. The molecule has 2 fully saturated rings. The summed E-state index contributed by atoms with van der Waals surface area (Å²) in [7, 11) is 3.30. The molecule has 11 heteroatoms. The van der Waals surface area contributed by atoms with Crippen LogP contribution < -0.4 is 19.9 Å². The van der Waals surface area contributed by atoms with Gasteiger partial charge in [-0.2, -0.15) is 10.2 Å². The molecule has 11 nitrogen and oxygen atoms in total. The Morgan fingerprint density at radius 3 is 1.83 bits per heavy atom. The van der Waals surface area contributed by atoms with Crippen LogP contribution in [0.2, 0.25) is 0 Å². The van der Waals surface area contributed by atoms with Crippen LogP contribution in [0.15, 0.2) is 72.8 Å². The van der Waals surface area contributed by atoms with Crippen molar-refractivity contribution in [1.29, 1.82) is 0 Å². The Morgan fingerprint density at radius 1 is 0.771 bits per heavy atom. The second-order valence-electron chi connectivity index (χ2n) is 12.2. The quantitative estimate of drug-likeness (QED) is 0.152. The topological polar surface area (TPSA) is 131 Å². The number of pyridine rings is 2. The number of carbonyl (C=O) groups excluding carboxylic acids is 1. The van der Waals surface area contributed by atoms with E-state index in [0.29, 0.717) is 28.8 Å². The number of primary amides is 1. The average molecular weight is 646 g/mol. The lowest BCUT2D eigenvalue weighted by molar-refractivity contribution is 0.100. The van der Waals surface area contributed by atoms with Gasteiger partial charge in [-0.15, -0.1) is 0 Å². The zero-order chi connectivity index (χ0) is 33.2. The second-order valence-corrected chi connectivity index (χ2v) is 12.2. The van der Waals surface area contributed by atoms with Gasteiger partial charge in [-0.25, -0.2) is 19.0 Å². The first-order valence-corrected chi connectivity index (χ1v) is 16.5. The molecule has 0 saturated heterocycles. The van der Waals surface area contributed by atoms with Crippen molar-refractivity contribution in [3.63, 3.8) is 0 Å². The fourth-order valence-corrected chi connectivity index (χ4v) is 5.58. The zero-order valence-corrected chi connectivity index (χ0v) is 27.4. The maximum absolute atomic E-state index is 11.2. The van der Waals surface area contributed by atoms with E-state index in [-0.39, 0.29) is 0 Å². The Morgan fingerprint density at radius 2 is 1.33 bits per heavy atom. The number of unbranched alkanes of at least 4 members (excludes halogenated alkanes) is 1. The van der Waals surface area contributed by atoms with Crippen LogP contribution in [0.25, 0.3) is 33.8 Å². The van der Waals surface area contributed by atoms with Crippen LogP contribution >= 0.6 is 0 Å². The molecule has 8 rings (SSSR count). The first-order valence-electron chi connectivity index (χ1n) is 16.5. The van der Waals surface area contributed by atoms with Gasteiger partial charge in [-0.1, -0.05) is 37.6 Å². The van der Waals surface area contributed by atoms with Crippen molar-refractivity contribution >= 4 is 17.2 Å². The highest BCUT2D eigenvalue weighted by Gasteiger charge is 2.30. The molecule has 6 aromatic rings. The minimum absolute atomic E-state index is 0.437. The summed E-state index contributed by atoms with van der Waals surface area (Å²) in [5, 5.41) is 9.40. The predicted octanol–water partition coefficient (Wildman–Crippen LogP) is 6.84. The molecular formula is C37H39N7O4. The molecule has 0 spiro atoms. The number of ether oxygens (including phenoxy) is 3. The molecule has 48 heavy (non-hydrogen) atoms. The van der Waals surface area contributed by atoms with Gasteiger partial charge in [-0.05, 0) is 80.6 Å². The Hall–Kier alpha value is -5.45. The SMILES string of the molecule is CCCCOc1cccc(-c2ccc(OC)c3nc(C4CC4)nn23)c1.COc1ccc(-c2ccc(C(N)=O)cc2)n2nc(C3CC3)nc12. The van der Waals surface area contributed by atoms with Gasteiger partial charge in [0.1, 0.15) is 5.75 Å². The molecule has 0 atom stereocenters. The van der Waals surface area contributed by atoms with Crippen molar-refractivity contribution in [2.45, 2.75) is 57.3 Å². The normalized spacial score (nSPS) is 14.1. The van der Waals surface area contributed by atoms with Gasteiger partial charge < -0.3 is 19.9 Å². The molecule has 4 heterocycles. The third-order valence-electron chi connectivity index (χ3n) is 8.62. The van der Waals surface area contributed by atoms with Crippen molar-refractivity contribution in [1.82, 2.24) is 29.2 Å². The van der Waals surface area contributed by atoms with Gasteiger partial charge in [0, 0.05) is 28.5 Å². The first-order chi connectivity index (χ1) is 23.5. The molecule has 246 valence electrons. The lowest BCUT2D eigenvalue weighted by Gasteiger charge is -2.10. The van der Waals surface area contributed by atoms with Crippen LogP contribution in [0.4, 0.5) is 0 Å². The number of methoxy groups -OCH3 is 2. The minimum Gasteiger partial charge on any atom is -0.494 e. The molecule has 2 aromatic carbocycles. The largest absolute Gasteiger partial charge is 0.494 e. The molecule has 2 aliphatic carbocycles. The van der Waals surface area contributed by atoms with Crippen LogP contribution in [-0.4, -0.2) is 55.9 Å². The van der Waals surface area contributed by atoms with Crippen molar-refractivity contribution < 1.29 is 19.0 Å². The Bertz CT molecular complexity index is 2080. The fraction of sp³-hybridized carbons (Fsp3) is 0.324. The van der Waals surface area contributed by atoms with Gasteiger partial charge in [0.2, 0.25) is 5.91 Å². The molecule has 2 saturated carbocycles. The van der Waals surface area contributed by atoms with Crippen LogP contribution in [-0.2, 0) is 0 Å². The molecule has 4 aromatic heterocycles. The summed E-state index contributed by atoms with van der Waals surface area (Å²) in [6.45, 7) is 2.91. The zero-order valence-electron chi connectivity index (χ0n) is 27.4. The van der Waals surface area contributed by atoms with Gasteiger partial charge >= 0.3 is 0 Å². The molecule has 0 unspecified atom stereocenters. The number of aromatic nitrogens is 6. The number of benzene rings is 2. The second kappa shape index (κ2) is 13.3. The predicted molar refractivity (Wildman–Crippen MR) is 183 cm³/mol. The van der Waals surface area contributed by atoms with E-state index in [1.165, 1.54) is 12.8 Å². The van der Waals surface area contributed by atoms with Gasteiger partial charge in [-0.3, -0.25) is 4.79 Å². The summed E-state index contributed by atoms with van der Waals surface area (Å²) in [6, 6.07) is 23.1. The van der Waals surface area contributed by atoms with Crippen molar-refractivity contribution in [3.05, 3.63) is 90.0 Å². The van der Waals surface area contributed by atoms with E-state index >= 15 is 0 Å². The summed E-state index contributed by atoms with van der Waals surface area (Å²) in [5.74, 6) is 4.64. The van der Waals surface area contributed by atoms with E-state index in [0.717, 1.165) is 83.6 Å². The molecule has 2 aliphatic rings. The first kappa shape index (κ1) is 31.2. The smallest absolute Gasteiger partial charge is 0.248 e. The van der Waals surface area contributed by atoms with Crippen LogP contribution in [0.5, 0.6) is 17.2 Å². The maximum atomic E-state index is 11.2. The van der Waals surface area contributed by atoms with E-state index in [1.54, 1.807) is 26.4 Å². The van der Waals surface area contributed by atoms with Gasteiger partial charge in [0.25, 0.3) is 0 Å². The van der Waals surface area contributed by atoms with Gasteiger partial charge in [0.15, 0.2) is 34.4 Å². The van der Waals surface area contributed by atoms with E-state index in [1.807, 2.05) is 57.6 Å². The Labute approximate surface area is 278 Å². The number of carbonyl (C=O) groups is 1. The highest BCUT2D eigenvalue weighted by Crippen LogP contribution is 2.40. The van der Waals surface area contributed by atoms with Crippen LogP contribution in [0.3, 0.4) is 0 Å². The van der Waals surface area contributed by atoms with Crippen molar-refractivity contribution in [3.8, 4) is 39.8 Å². The third kappa shape index (κ3) is 6.40. The van der Waals surface area contributed by atoms with Crippen molar-refractivity contribution in [2.75, 3.05) is 20.8 Å². The molecule has 2 N–H and O–H groups in total. The highest BCUT2D eigenvalue weighted by atomic mass is 16.5. The Balaban J connectivity index is 0.000000152. The standard InChI is InChI=1S/C20H23N3O2.C17H16N4O2/c1-3-4-12-25-16-7-5-6-15(13-16)17-10-11-18(24-2)20-21-19(14-8-9-14)22-23(17)20;1-23-14-9-8-13(10-2-4-11(5-3-10)15(18)22)21-17(14)19-16(20-21)12-6-7-12/h5-7,10-11,13-14H,3-4,8-9,12H2,1-2H3;2-5,8-9,12H,6-7H2,1H3,(H2,18,22). The number of hydrogen-bond donors (Lipinski definition) is 1. The minimum atomic E-state index is -0.437. The lowest BCUT2D eigenvalue weighted by Crippen LogP contribution is -2.10. The summed E-state index contributed by atoms with van der Waals surface area (Å²) in [5.41, 5.74) is 11.2. The lowest BCUT2D eigenvalue weighted by atomic mass is 10.1. The monoisotopic (exact) mass is 645 g/mol. The summed E-state index contributed by atoms with van der Waals surface area (Å²) in [4.78, 5) is 20.5. The maximum Gasteiger partial charge on any atom is 0.248 e. The number of nitrogens with two attached hydrogens (primary N) is 1. The molecular weight excluding hydrogens is 606 g/mol. The summed E-state index contributed by atoms with van der Waals surface area (Å²) in [6.07, 6.45) is 6.82. The van der Waals surface area contributed by atoms with E-state index in [9.17, 15) is 4.79 Å². The van der Waals surface area contributed by atoms with Gasteiger partial charge in [0.05, 0.1) is 32.2 Å². The van der Waals surface area contributed by atoms with E-state index in [2.05, 4.69) is 29.1 Å². The number of fused-ring (bicyclic) bond motifs is 2. The number of nitrogens with zero attached hydrogens (tertiary/aromatic N) is 6. The van der Waals surface area contributed by atoms with Crippen LogP contribution in [0.1, 0.15) is 79.3 Å². The summed E-state index contributed by atoms with van der Waals surface area (Å²) < 4.78 is 20.4. The van der Waals surface area contributed by atoms with Crippen LogP contribution in [0, 0.1) is 0 Å².